The summed E-state index contributed by atoms with van der Waals surface area (Å²) in [5.41, 5.74) is 0. The maximum atomic E-state index is 3.62. The van der Waals surface area contributed by atoms with Crippen LogP contribution in [0.5, 0.6) is 0 Å². The van der Waals surface area contributed by atoms with Crippen LogP contribution in [-0.2, 0) is 0 Å². The molecule has 1 aliphatic carbocycles. The molecule has 0 aliphatic heterocycles. The number of nitrogens with zero attached hydrogens (tertiary/aromatic N) is 1. The molecule has 0 amide bonds. The first kappa shape index (κ1) is 3.63. The van der Waals surface area contributed by atoms with Crippen molar-refractivity contribution in [3.63, 3.8) is 0 Å². The molecule has 0 saturated heterocycles. The van der Waals surface area contributed by atoms with Gasteiger partial charge in [0.1, 0.15) is 0 Å². The van der Waals surface area contributed by atoms with Crippen molar-refractivity contribution in [2.45, 2.75) is 12.8 Å². The van der Waals surface area contributed by atoms with E-state index in [0.29, 0.717) is 0 Å². The van der Waals surface area contributed by atoms with Crippen molar-refractivity contribution in [1.82, 2.24) is 4.67 Å². The van der Waals surface area contributed by atoms with Crippen molar-refractivity contribution in [3.8, 4) is 0 Å². The third kappa shape index (κ3) is 0.697. The van der Waals surface area contributed by atoms with E-state index in [0.717, 1.165) is 5.92 Å². The Hall–Kier alpha value is -0.550. The Morgan fingerprint density at radius 2 is 2.33 bits per heavy atom. The molecule has 0 aromatic carbocycles. The monoisotopic (exact) mass is 82.1 g/mol. The molecule has 0 aromatic heterocycles. The van der Waals surface area contributed by atoms with Gasteiger partial charge >= 0.3 is 0 Å². The molecular weight excluding hydrogens is 74.1 g/mol. The van der Waals surface area contributed by atoms with Crippen molar-refractivity contribution in [1.29, 1.82) is 0 Å². The van der Waals surface area contributed by atoms with Crippen LogP contribution in [-0.4, -0.2) is 12.9 Å². The zero-order chi connectivity index (χ0) is 4.41. The average molecular weight is 82.1 g/mol. The minimum atomic E-state index is 0.794. The van der Waals surface area contributed by atoms with Crippen molar-refractivity contribution in [2.24, 2.45) is 5.92 Å². The van der Waals surface area contributed by atoms with Crippen LogP contribution in [0.3, 0.4) is 0 Å². The van der Waals surface area contributed by atoms with E-state index in [9.17, 15) is 0 Å². The lowest BCUT2D eigenvalue weighted by atomic mass is 10.5. The van der Waals surface area contributed by atoms with E-state index in [2.05, 4.69) is 11.4 Å². The molecule has 0 N–H and O–H groups in total. The lowest BCUT2D eigenvalue weighted by Crippen LogP contribution is -1.75. The van der Waals surface area contributed by atoms with Crippen molar-refractivity contribution < 1.29 is 0 Å². The van der Waals surface area contributed by atoms with Gasteiger partial charge in [-0.3, -0.25) is 0 Å². The first-order valence-corrected chi connectivity index (χ1v) is 2.22. The Kier molecular flexibility index (Phi) is 0.771. The summed E-state index contributed by atoms with van der Waals surface area (Å²) in [6.07, 6.45) is 4.58. The van der Waals surface area contributed by atoms with Crippen LogP contribution in [0, 0.1) is 5.92 Å². The van der Waals surface area contributed by atoms with Crippen LogP contribution in [0.4, 0.5) is 0 Å². The molecule has 0 atom stereocenters. The Morgan fingerprint density at radius 3 is 2.50 bits per heavy atom. The molecule has 0 unspecified atom stereocenters. The molecule has 1 fully saturated rings. The Labute approximate surface area is 37.4 Å². The van der Waals surface area contributed by atoms with Crippen LogP contribution >= 0.6 is 0 Å². The van der Waals surface area contributed by atoms with Crippen molar-refractivity contribution >= 4 is 12.9 Å². The van der Waals surface area contributed by atoms with Gasteiger partial charge in [0.15, 0.2) is 0 Å². The van der Waals surface area contributed by atoms with E-state index in [1.807, 2.05) is 6.21 Å². The molecule has 6 heavy (non-hydrogen) atoms. The van der Waals surface area contributed by atoms with Gasteiger partial charge in [0, 0.05) is 0 Å². The lowest BCUT2D eigenvalue weighted by molar-refractivity contribution is 1.23. The smallest absolute Gasteiger partial charge is 0.114 e. The van der Waals surface area contributed by atoms with E-state index in [4.69, 9.17) is 0 Å². The van der Waals surface area contributed by atoms with Gasteiger partial charge in [-0.1, -0.05) is 0 Å². The maximum absolute atomic E-state index is 3.62. The molecule has 1 rings (SSSR count). The van der Waals surface area contributed by atoms with Gasteiger partial charge in [0.25, 0.3) is 12.9 Å². The Bertz CT molecular complexity index is 86.1. The summed E-state index contributed by atoms with van der Waals surface area (Å²) in [5.74, 6) is 0.794. The topological polar surface area (TPSA) is 14.1 Å². The molecule has 32 valence electrons. The van der Waals surface area contributed by atoms with Crippen molar-refractivity contribution in [2.75, 3.05) is 0 Å². The van der Waals surface area contributed by atoms with Gasteiger partial charge in [0.05, 0.1) is 5.92 Å². The largest absolute Gasteiger partial charge is 0.271 e. The van der Waals surface area contributed by atoms with Crippen LogP contribution in [0.2, 0.25) is 0 Å². The van der Waals surface area contributed by atoms with E-state index < -0.39 is 0 Å². The molecule has 0 radical (unpaired) electrons. The fourth-order valence-electron chi connectivity index (χ4n) is 0.394. The first-order valence-electron chi connectivity index (χ1n) is 2.22. The van der Waals surface area contributed by atoms with Crippen LogP contribution < -0.4 is 4.67 Å². The summed E-state index contributed by atoms with van der Waals surface area (Å²) in [6.45, 7) is 3.34. The predicted molar refractivity (Wildman–Crippen MR) is 28.0 cm³/mol. The molecule has 0 bridgehead atoms. The second-order valence-electron chi connectivity index (χ2n) is 1.67. The highest BCUT2D eigenvalue weighted by Crippen LogP contribution is 2.25. The van der Waals surface area contributed by atoms with E-state index >= 15 is 0 Å². The van der Waals surface area contributed by atoms with E-state index in [-0.39, 0.29) is 0 Å². The van der Waals surface area contributed by atoms with Gasteiger partial charge < -0.3 is 0 Å². The van der Waals surface area contributed by atoms with E-state index in [1.165, 1.54) is 12.8 Å². The fourth-order valence-corrected chi connectivity index (χ4v) is 0.394. The summed E-state index contributed by atoms with van der Waals surface area (Å²) < 4.78 is 3.62. The Morgan fingerprint density at radius 1 is 1.67 bits per heavy atom. The fraction of sp³-hybridized carbons (Fsp3) is 0.600. The number of hydrogen-bond acceptors (Lipinski definition) is 0. The second-order valence-corrected chi connectivity index (χ2v) is 1.67. The van der Waals surface area contributed by atoms with E-state index in [1.54, 1.807) is 0 Å². The highest BCUT2D eigenvalue weighted by molar-refractivity contribution is 5.64. The van der Waals surface area contributed by atoms with Gasteiger partial charge in [0.2, 0.25) is 0 Å². The third-order valence-electron chi connectivity index (χ3n) is 0.938. The molecule has 0 spiro atoms. The molecular formula is C5H8N+. The summed E-state index contributed by atoms with van der Waals surface area (Å²) in [6, 6.07) is 0. The summed E-state index contributed by atoms with van der Waals surface area (Å²) in [4.78, 5) is 0. The van der Waals surface area contributed by atoms with Gasteiger partial charge in [-0.2, -0.15) is 0 Å². The third-order valence-corrected chi connectivity index (χ3v) is 0.938. The molecule has 1 nitrogen and oxygen atoms in total. The second kappa shape index (κ2) is 1.27. The van der Waals surface area contributed by atoms with Crippen LogP contribution in [0.1, 0.15) is 12.8 Å². The van der Waals surface area contributed by atoms with Gasteiger partial charge in [-0.15, -0.1) is 4.67 Å². The summed E-state index contributed by atoms with van der Waals surface area (Å²) in [5, 5.41) is 0. The quantitative estimate of drug-likeness (QED) is 0.318. The maximum Gasteiger partial charge on any atom is 0.271 e. The normalized spacial score (nSPS) is 19.3. The van der Waals surface area contributed by atoms with Crippen molar-refractivity contribution in [3.05, 3.63) is 0 Å². The molecule has 1 heteroatoms. The SMILES string of the molecule is C=[N+]=CC1CC1. The lowest BCUT2D eigenvalue weighted by Gasteiger charge is -1.51. The number of rotatable bonds is 1. The van der Waals surface area contributed by atoms with Gasteiger partial charge in [-0.25, -0.2) is 0 Å². The average Bonchev–Trinajstić information content (AvgIpc) is 2.21. The van der Waals surface area contributed by atoms with Gasteiger partial charge in [-0.05, 0) is 12.8 Å². The molecule has 1 saturated carbocycles. The predicted octanol–water partition coefficient (Wildman–Crippen LogP) is 0.235. The zero-order valence-electron chi connectivity index (χ0n) is 3.72. The number of hydrogen-bond donors (Lipinski definition) is 0. The Balaban J connectivity index is 2.33. The summed E-state index contributed by atoms with van der Waals surface area (Å²) >= 11 is 0. The molecule has 0 heterocycles. The minimum absolute atomic E-state index is 0.794. The molecule has 0 aromatic rings. The highest BCUT2D eigenvalue weighted by atomic mass is 14.5. The first-order chi connectivity index (χ1) is 2.93. The molecule has 1 aliphatic rings. The zero-order valence-corrected chi connectivity index (χ0v) is 3.72. The van der Waals surface area contributed by atoms with Crippen LogP contribution in [0.25, 0.3) is 0 Å². The highest BCUT2D eigenvalue weighted by Gasteiger charge is 2.22. The standard InChI is InChI=1S/C5H8N/c1-6-4-5-2-3-5/h4-5H,1-3H2/q+1. The van der Waals surface area contributed by atoms with Crippen LogP contribution in [0.15, 0.2) is 0 Å². The summed E-state index contributed by atoms with van der Waals surface area (Å²) in [7, 11) is 0. The minimum Gasteiger partial charge on any atom is -0.114 e.